The molecule has 0 aromatic heterocycles. The maximum Gasteiger partial charge on any atom is 0.122 e. The summed E-state index contributed by atoms with van der Waals surface area (Å²) in [5, 5.41) is 0. The van der Waals surface area contributed by atoms with E-state index in [1.165, 1.54) is 0 Å². The molecular formula is C18H24O4. The number of rotatable bonds is 4. The molecule has 0 fully saturated rings. The zero-order valence-corrected chi connectivity index (χ0v) is 14.1. The van der Waals surface area contributed by atoms with Gasteiger partial charge in [-0.2, -0.15) is 0 Å². The molecule has 4 nitrogen and oxygen atoms in total. The minimum Gasteiger partial charge on any atom is -0.497 e. The third kappa shape index (κ3) is 5.20. The Morgan fingerprint density at radius 3 is 1.55 bits per heavy atom. The summed E-state index contributed by atoms with van der Waals surface area (Å²) in [7, 11) is 6.61. The highest BCUT2D eigenvalue weighted by atomic mass is 16.5. The van der Waals surface area contributed by atoms with Crippen molar-refractivity contribution in [3.05, 3.63) is 47.5 Å². The van der Waals surface area contributed by atoms with Crippen LogP contribution in [0.4, 0.5) is 0 Å². The summed E-state index contributed by atoms with van der Waals surface area (Å²) in [6.45, 7) is 3.99. The maximum absolute atomic E-state index is 5.09. The van der Waals surface area contributed by atoms with Gasteiger partial charge in [-0.1, -0.05) is 0 Å². The molecule has 0 aliphatic carbocycles. The lowest BCUT2D eigenvalue weighted by Gasteiger charge is -2.05. The average Bonchev–Trinajstić information content (AvgIpc) is 2.54. The van der Waals surface area contributed by atoms with Crippen molar-refractivity contribution in [3.63, 3.8) is 0 Å². The highest BCUT2D eigenvalue weighted by Gasteiger charge is 1.98. The van der Waals surface area contributed by atoms with Gasteiger partial charge in [0.1, 0.15) is 23.0 Å². The van der Waals surface area contributed by atoms with E-state index in [1.54, 1.807) is 28.4 Å². The Labute approximate surface area is 132 Å². The van der Waals surface area contributed by atoms with Crippen LogP contribution in [-0.4, -0.2) is 28.4 Å². The van der Waals surface area contributed by atoms with Crippen LogP contribution in [0, 0.1) is 13.8 Å². The van der Waals surface area contributed by atoms with Crippen molar-refractivity contribution < 1.29 is 18.9 Å². The van der Waals surface area contributed by atoms with Crippen LogP contribution in [0.5, 0.6) is 23.0 Å². The van der Waals surface area contributed by atoms with Crippen LogP contribution in [0.25, 0.3) is 0 Å². The summed E-state index contributed by atoms with van der Waals surface area (Å²) in [6.07, 6.45) is 0. The number of hydrogen-bond acceptors (Lipinski definition) is 4. The molecule has 0 saturated heterocycles. The number of benzene rings is 2. The van der Waals surface area contributed by atoms with Gasteiger partial charge in [-0.15, -0.1) is 0 Å². The highest BCUT2D eigenvalue weighted by molar-refractivity contribution is 5.39. The van der Waals surface area contributed by atoms with Gasteiger partial charge in [0.25, 0.3) is 0 Å². The summed E-state index contributed by atoms with van der Waals surface area (Å²) in [4.78, 5) is 0. The standard InChI is InChI=1S/2C9H12O2/c1-7-4-8(10-2)6-9(5-7)11-3;1-7-6-8(10-2)4-5-9(7)11-3/h2*4-6H,1-3H3. The van der Waals surface area contributed by atoms with E-state index in [0.29, 0.717) is 0 Å². The fourth-order valence-electron chi connectivity index (χ4n) is 1.93. The van der Waals surface area contributed by atoms with Crippen LogP contribution in [0.15, 0.2) is 36.4 Å². The lowest BCUT2D eigenvalue weighted by Crippen LogP contribution is -1.88. The quantitative estimate of drug-likeness (QED) is 0.854. The summed E-state index contributed by atoms with van der Waals surface area (Å²) in [5.41, 5.74) is 2.23. The molecule has 2 rings (SSSR count). The van der Waals surface area contributed by atoms with Crippen LogP contribution in [0.2, 0.25) is 0 Å². The first-order valence-electron chi connectivity index (χ1n) is 6.92. The fourth-order valence-corrected chi connectivity index (χ4v) is 1.93. The van der Waals surface area contributed by atoms with Gasteiger partial charge in [0.2, 0.25) is 0 Å². The van der Waals surface area contributed by atoms with Crippen molar-refractivity contribution in [1.82, 2.24) is 0 Å². The molecule has 0 atom stereocenters. The Bertz CT molecular complexity index is 571. The van der Waals surface area contributed by atoms with Gasteiger partial charge in [-0.05, 0) is 55.3 Å². The minimum absolute atomic E-state index is 0.835. The summed E-state index contributed by atoms with van der Waals surface area (Å²) in [6, 6.07) is 11.5. The molecular weight excluding hydrogens is 280 g/mol. The zero-order chi connectivity index (χ0) is 16.5. The van der Waals surface area contributed by atoms with Gasteiger partial charge >= 0.3 is 0 Å². The first-order valence-corrected chi connectivity index (χ1v) is 6.92. The largest absolute Gasteiger partial charge is 0.497 e. The van der Waals surface area contributed by atoms with Crippen LogP contribution in [0.3, 0.4) is 0 Å². The average molecular weight is 304 g/mol. The van der Waals surface area contributed by atoms with Crippen molar-refractivity contribution >= 4 is 0 Å². The van der Waals surface area contributed by atoms with Crippen LogP contribution in [-0.2, 0) is 0 Å². The van der Waals surface area contributed by atoms with Crippen molar-refractivity contribution in [2.75, 3.05) is 28.4 Å². The van der Waals surface area contributed by atoms with Crippen molar-refractivity contribution in [3.8, 4) is 23.0 Å². The van der Waals surface area contributed by atoms with E-state index in [2.05, 4.69) is 0 Å². The molecule has 0 unspecified atom stereocenters. The molecule has 0 spiro atoms. The molecule has 0 N–H and O–H groups in total. The number of hydrogen-bond donors (Lipinski definition) is 0. The predicted octanol–water partition coefficient (Wildman–Crippen LogP) is 4.02. The second kappa shape index (κ2) is 8.82. The van der Waals surface area contributed by atoms with E-state index in [-0.39, 0.29) is 0 Å². The monoisotopic (exact) mass is 304 g/mol. The van der Waals surface area contributed by atoms with Gasteiger partial charge in [0, 0.05) is 6.07 Å². The third-order valence-corrected chi connectivity index (χ3v) is 3.10. The minimum atomic E-state index is 0.835. The first-order chi connectivity index (χ1) is 10.5. The second-order valence-electron chi connectivity index (χ2n) is 4.73. The molecule has 0 amide bonds. The first kappa shape index (κ1) is 17.7. The topological polar surface area (TPSA) is 36.9 Å². The molecule has 120 valence electrons. The summed E-state index contributed by atoms with van der Waals surface area (Å²) < 4.78 is 20.2. The predicted molar refractivity (Wildman–Crippen MR) is 88.6 cm³/mol. The van der Waals surface area contributed by atoms with E-state index in [0.717, 1.165) is 34.1 Å². The highest BCUT2D eigenvalue weighted by Crippen LogP contribution is 2.22. The number of aryl methyl sites for hydroxylation is 2. The van der Waals surface area contributed by atoms with E-state index in [4.69, 9.17) is 18.9 Å². The third-order valence-electron chi connectivity index (χ3n) is 3.10. The normalized spacial score (nSPS) is 9.36. The molecule has 0 bridgehead atoms. The Kier molecular flexibility index (Phi) is 7.09. The van der Waals surface area contributed by atoms with Gasteiger partial charge in [-0.25, -0.2) is 0 Å². The van der Waals surface area contributed by atoms with E-state index >= 15 is 0 Å². The Morgan fingerprint density at radius 1 is 0.591 bits per heavy atom. The van der Waals surface area contributed by atoms with E-state index < -0.39 is 0 Å². The van der Waals surface area contributed by atoms with Crippen LogP contribution < -0.4 is 18.9 Å². The molecule has 22 heavy (non-hydrogen) atoms. The van der Waals surface area contributed by atoms with Gasteiger partial charge in [-0.3, -0.25) is 0 Å². The van der Waals surface area contributed by atoms with Crippen LogP contribution >= 0.6 is 0 Å². The summed E-state index contributed by atoms with van der Waals surface area (Å²) >= 11 is 0. The molecule has 0 saturated carbocycles. The SMILES string of the molecule is COc1cc(C)cc(OC)c1.COc1ccc(OC)c(C)c1. The van der Waals surface area contributed by atoms with Crippen molar-refractivity contribution in [2.24, 2.45) is 0 Å². The van der Waals surface area contributed by atoms with E-state index in [9.17, 15) is 0 Å². The van der Waals surface area contributed by atoms with Crippen LogP contribution in [0.1, 0.15) is 11.1 Å². The molecule has 0 aliphatic heterocycles. The van der Waals surface area contributed by atoms with Gasteiger partial charge < -0.3 is 18.9 Å². The van der Waals surface area contributed by atoms with Gasteiger partial charge in [0.15, 0.2) is 0 Å². The molecule has 0 aliphatic rings. The van der Waals surface area contributed by atoms with Gasteiger partial charge in [0.05, 0.1) is 28.4 Å². The zero-order valence-electron chi connectivity index (χ0n) is 14.1. The number of methoxy groups -OCH3 is 4. The lowest BCUT2D eigenvalue weighted by atomic mass is 10.2. The lowest BCUT2D eigenvalue weighted by molar-refractivity contribution is 0.394. The Morgan fingerprint density at radius 2 is 1.14 bits per heavy atom. The van der Waals surface area contributed by atoms with E-state index in [1.807, 2.05) is 50.2 Å². The smallest absolute Gasteiger partial charge is 0.122 e. The Hall–Kier alpha value is -2.36. The van der Waals surface area contributed by atoms with Crippen molar-refractivity contribution in [1.29, 1.82) is 0 Å². The second-order valence-corrected chi connectivity index (χ2v) is 4.73. The molecule has 0 heterocycles. The molecule has 0 radical (unpaired) electrons. The Balaban J connectivity index is 0.000000220. The molecule has 4 heteroatoms. The summed E-state index contributed by atoms with van der Waals surface area (Å²) in [5.74, 6) is 3.43. The van der Waals surface area contributed by atoms with Crippen molar-refractivity contribution in [2.45, 2.75) is 13.8 Å². The molecule has 2 aromatic rings. The fraction of sp³-hybridized carbons (Fsp3) is 0.333. The maximum atomic E-state index is 5.09. The molecule has 2 aromatic carbocycles. The number of ether oxygens (including phenoxy) is 4.